The molecule has 0 unspecified atom stereocenters. The second-order valence-electron chi connectivity index (χ2n) is 6.92. The second kappa shape index (κ2) is 6.84. The van der Waals surface area contributed by atoms with Gasteiger partial charge in [0.25, 0.3) is 0 Å². The first kappa shape index (κ1) is 17.8. The summed E-state index contributed by atoms with van der Waals surface area (Å²) in [4.78, 5) is 11.2. The zero-order valence-corrected chi connectivity index (χ0v) is 14.8. The van der Waals surface area contributed by atoms with E-state index in [2.05, 4.69) is 32.5 Å². The van der Waals surface area contributed by atoms with Crippen LogP contribution in [-0.2, 0) is 6.18 Å². The number of alkyl halides is 3. The highest BCUT2D eigenvalue weighted by atomic mass is 19.4. The van der Waals surface area contributed by atoms with E-state index in [1.165, 1.54) is 0 Å². The summed E-state index contributed by atoms with van der Waals surface area (Å²) >= 11 is 0. The van der Waals surface area contributed by atoms with Crippen LogP contribution in [0.5, 0.6) is 0 Å². The van der Waals surface area contributed by atoms with E-state index in [0.717, 1.165) is 31.2 Å². The van der Waals surface area contributed by atoms with Crippen molar-refractivity contribution in [2.45, 2.75) is 25.6 Å². The maximum absolute atomic E-state index is 13.6. The van der Waals surface area contributed by atoms with Crippen molar-refractivity contribution in [1.29, 1.82) is 0 Å². The molecule has 1 fully saturated rings. The normalized spacial score (nSPS) is 20.7. The molecule has 0 aliphatic carbocycles. The van der Waals surface area contributed by atoms with Gasteiger partial charge >= 0.3 is 6.18 Å². The Balaban J connectivity index is 1.78. The van der Waals surface area contributed by atoms with Gasteiger partial charge in [0.1, 0.15) is 5.56 Å². The minimum absolute atomic E-state index is 0.0753. The quantitative estimate of drug-likeness (QED) is 0.646. The molecule has 0 radical (unpaired) electrons. The summed E-state index contributed by atoms with van der Waals surface area (Å²) < 4.78 is 40.7. The average Bonchev–Trinajstić information content (AvgIpc) is 3.07. The van der Waals surface area contributed by atoms with Crippen molar-refractivity contribution in [2.24, 2.45) is 5.92 Å². The third-order valence-electron chi connectivity index (χ3n) is 5.08. The molecule has 3 aromatic rings. The minimum atomic E-state index is -4.54. The number of piperidine rings is 1. The van der Waals surface area contributed by atoms with Crippen LogP contribution in [0.4, 0.5) is 19.1 Å². The SMILES string of the molecule is C[C@H]1CCNC[C@H]1Nc1ncc(C(F)(F)F)c(-c2c[nH]c3ccccc23)n1. The molecule has 1 aliphatic rings. The molecule has 5 nitrogen and oxygen atoms in total. The highest BCUT2D eigenvalue weighted by molar-refractivity contribution is 5.95. The molecule has 2 aromatic heterocycles. The van der Waals surface area contributed by atoms with Gasteiger partial charge in [-0.25, -0.2) is 9.97 Å². The number of H-pyrrole nitrogens is 1. The van der Waals surface area contributed by atoms with E-state index in [9.17, 15) is 13.2 Å². The molecule has 2 atom stereocenters. The van der Waals surface area contributed by atoms with Crippen molar-refractivity contribution in [3.8, 4) is 11.3 Å². The van der Waals surface area contributed by atoms with Gasteiger partial charge in [0.15, 0.2) is 0 Å². The number of hydrogen-bond acceptors (Lipinski definition) is 4. The minimum Gasteiger partial charge on any atom is -0.360 e. The Kier molecular flexibility index (Phi) is 4.51. The van der Waals surface area contributed by atoms with Gasteiger partial charge in [0.05, 0.1) is 5.69 Å². The highest BCUT2D eigenvalue weighted by Gasteiger charge is 2.36. The highest BCUT2D eigenvalue weighted by Crippen LogP contribution is 2.38. The Hall–Kier alpha value is -2.61. The molecule has 1 saturated heterocycles. The van der Waals surface area contributed by atoms with Crippen LogP contribution in [0, 0.1) is 5.92 Å². The van der Waals surface area contributed by atoms with E-state index in [4.69, 9.17) is 0 Å². The van der Waals surface area contributed by atoms with Crippen LogP contribution in [0.25, 0.3) is 22.2 Å². The van der Waals surface area contributed by atoms with Gasteiger partial charge in [0.2, 0.25) is 5.95 Å². The van der Waals surface area contributed by atoms with E-state index >= 15 is 0 Å². The third-order valence-corrected chi connectivity index (χ3v) is 5.08. The van der Waals surface area contributed by atoms with Gasteiger partial charge < -0.3 is 15.6 Å². The standard InChI is InChI=1S/C19H20F3N5/c1-11-6-7-23-10-16(11)26-18-25-9-14(19(20,21)22)17(27-18)13-8-24-15-5-3-2-4-12(13)15/h2-5,8-9,11,16,23-24H,6-7,10H2,1H3,(H,25,26,27)/t11-,16+/m0/s1. The van der Waals surface area contributed by atoms with Crippen molar-refractivity contribution in [3.05, 3.63) is 42.2 Å². The van der Waals surface area contributed by atoms with Gasteiger partial charge in [-0.15, -0.1) is 0 Å². The molecule has 4 rings (SSSR count). The molecular weight excluding hydrogens is 355 g/mol. The van der Waals surface area contributed by atoms with Crippen LogP contribution < -0.4 is 10.6 Å². The van der Waals surface area contributed by atoms with Crippen molar-refractivity contribution in [2.75, 3.05) is 18.4 Å². The van der Waals surface area contributed by atoms with E-state index in [1.54, 1.807) is 18.3 Å². The van der Waals surface area contributed by atoms with Crippen LogP contribution in [0.15, 0.2) is 36.7 Å². The fraction of sp³-hybridized carbons (Fsp3) is 0.368. The number of rotatable bonds is 3. The number of nitrogens with one attached hydrogen (secondary N) is 3. The van der Waals surface area contributed by atoms with Crippen LogP contribution in [-0.4, -0.2) is 34.1 Å². The van der Waals surface area contributed by atoms with Crippen molar-refractivity contribution in [1.82, 2.24) is 20.3 Å². The number of halogens is 3. The van der Waals surface area contributed by atoms with Gasteiger partial charge in [-0.05, 0) is 24.9 Å². The van der Waals surface area contributed by atoms with Crippen LogP contribution in [0.2, 0.25) is 0 Å². The summed E-state index contributed by atoms with van der Waals surface area (Å²) in [6.45, 7) is 3.78. The predicted octanol–water partition coefficient (Wildman–Crippen LogP) is 4.05. The Morgan fingerprint density at radius 2 is 2.04 bits per heavy atom. The lowest BCUT2D eigenvalue weighted by Crippen LogP contribution is -2.44. The molecule has 8 heteroatoms. The molecule has 1 aliphatic heterocycles. The summed E-state index contributed by atoms with van der Waals surface area (Å²) in [5, 5.41) is 7.18. The van der Waals surface area contributed by atoms with Crippen molar-refractivity contribution < 1.29 is 13.2 Å². The van der Waals surface area contributed by atoms with Crippen LogP contribution in [0.1, 0.15) is 18.9 Å². The van der Waals surface area contributed by atoms with Gasteiger partial charge in [-0.3, -0.25) is 0 Å². The molecule has 0 spiro atoms. The first-order chi connectivity index (χ1) is 12.9. The number of hydrogen-bond donors (Lipinski definition) is 3. The molecule has 0 saturated carbocycles. The average molecular weight is 375 g/mol. The second-order valence-corrected chi connectivity index (χ2v) is 6.92. The third kappa shape index (κ3) is 3.49. The van der Waals surface area contributed by atoms with Crippen LogP contribution in [0.3, 0.4) is 0 Å². The monoisotopic (exact) mass is 375 g/mol. The lowest BCUT2D eigenvalue weighted by atomic mass is 9.95. The van der Waals surface area contributed by atoms with E-state index in [1.807, 2.05) is 12.1 Å². The van der Waals surface area contributed by atoms with Gasteiger partial charge in [-0.1, -0.05) is 25.1 Å². The topological polar surface area (TPSA) is 65.6 Å². The Morgan fingerprint density at radius 1 is 1.22 bits per heavy atom. The zero-order valence-electron chi connectivity index (χ0n) is 14.8. The number of anilines is 1. The smallest absolute Gasteiger partial charge is 0.360 e. The Morgan fingerprint density at radius 3 is 2.81 bits per heavy atom. The summed E-state index contributed by atoms with van der Waals surface area (Å²) in [7, 11) is 0. The van der Waals surface area contributed by atoms with Crippen LogP contribution >= 0.6 is 0 Å². The molecule has 3 heterocycles. The predicted molar refractivity (Wildman–Crippen MR) is 98.4 cm³/mol. The molecular formula is C19H20F3N5. The first-order valence-electron chi connectivity index (χ1n) is 8.91. The number of para-hydroxylation sites is 1. The lowest BCUT2D eigenvalue weighted by Gasteiger charge is -2.30. The molecule has 1 aromatic carbocycles. The van der Waals surface area contributed by atoms with Gasteiger partial charge in [-0.2, -0.15) is 13.2 Å². The largest absolute Gasteiger partial charge is 0.419 e. The molecule has 3 N–H and O–H groups in total. The fourth-order valence-electron chi connectivity index (χ4n) is 3.48. The summed E-state index contributed by atoms with van der Waals surface area (Å²) in [6, 6.07) is 7.30. The number of nitrogens with zero attached hydrogens (tertiary/aromatic N) is 2. The number of fused-ring (bicyclic) bond motifs is 1. The summed E-state index contributed by atoms with van der Waals surface area (Å²) in [6.07, 6.45) is -1.11. The van der Waals surface area contributed by atoms with Gasteiger partial charge in [0, 0.05) is 41.4 Å². The Labute approximate surface area is 154 Å². The summed E-state index contributed by atoms with van der Waals surface area (Å²) in [5.41, 5.74) is 0.221. The molecule has 0 bridgehead atoms. The van der Waals surface area contributed by atoms with Crippen molar-refractivity contribution >= 4 is 16.9 Å². The molecule has 0 amide bonds. The maximum Gasteiger partial charge on any atom is 0.419 e. The van der Waals surface area contributed by atoms with E-state index < -0.39 is 11.7 Å². The fourth-order valence-corrected chi connectivity index (χ4v) is 3.48. The molecule has 142 valence electrons. The molecule has 27 heavy (non-hydrogen) atoms. The number of benzene rings is 1. The van der Waals surface area contributed by atoms with E-state index in [0.29, 0.717) is 16.9 Å². The number of aromatic nitrogens is 3. The zero-order chi connectivity index (χ0) is 19.0. The Bertz CT molecular complexity index is 950. The van der Waals surface area contributed by atoms with Crippen molar-refractivity contribution in [3.63, 3.8) is 0 Å². The van der Waals surface area contributed by atoms with E-state index in [-0.39, 0.29) is 17.7 Å². The summed E-state index contributed by atoms with van der Waals surface area (Å²) in [5.74, 6) is 0.595. The first-order valence-corrected chi connectivity index (χ1v) is 8.91. The number of aromatic amines is 1. The lowest BCUT2D eigenvalue weighted by molar-refractivity contribution is -0.137. The maximum atomic E-state index is 13.6.